The molecule has 1 aliphatic carbocycles. The van der Waals surface area contributed by atoms with Crippen molar-refractivity contribution < 1.29 is 9.59 Å². The summed E-state index contributed by atoms with van der Waals surface area (Å²) in [5, 5.41) is 5.78. The fraction of sp³-hybridized carbons (Fsp3) is 0.192. The number of aromatic nitrogens is 5. The molecule has 3 aliphatic rings. The van der Waals surface area contributed by atoms with Crippen molar-refractivity contribution in [3.8, 4) is 0 Å². The second-order valence-electron chi connectivity index (χ2n) is 9.79. The van der Waals surface area contributed by atoms with Crippen LogP contribution in [0.15, 0.2) is 53.5 Å². The fourth-order valence-electron chi connectivity index (χ4n) is 6.17. The normalized spacial score (nSPS) is 17.0. The van der Waals surface area contributed by atoms with Crippen LogP contribution in [0.1, 0.15) is 22.5 Å². The van der Waals surface area contributed by atoms with Gasteiger partial charge < -0.3 is 15.6 Å². The van der Waals surface area contributed by atoms with Crippen molar-refractivity contribution in [3.63, 3.8) is 0 Å². The summed E-state index contributed by atoms with van der Waals surface area (Å²) in [5.41, 5.74) is 6.07. The van der Waals surface area contributed by atoms with E-state index in [0.29, 0.717) is 30.2 Å². The van der Waals surface area contributed by atoms with Crippen LogP contribution < -0.4 is 16.3 Å². The smallest absolute Gasteiger partial charge is 0.330 e. The second-order valence-corrected chi connectivity index (χ2v) is 9.79. The maximum atomic E-state index is 13.2. The third kappa shape index (κ3) is 2.42. The molecule has 3 N–H and O–H groups in total. The van der Waals surface area contributed by atoms with Gasteiger partial charge in [0.15, 0.2) is 0 Å². The van der Waals surface area contributed by atoms with Crippen LogP contribution in [0.2, 0.25) is 0 Å². The molecule has 0 bridgehead atoms. The van der Waals surface area contributed by atoms with Gasteiger partial charge in [0.2, 0.25) is 11.8 Å². The van der Waals surface area contributed by atoms with Crippen LogP contribution in [0.4, 0.5) is 11.5 Å². The lowest BCUT2D eigenvalue weighted by Crippen LogP contribution is -2.35. The van der Waals surface area contributed by atoms with E-state index in [1.807, 2.05) is 30.3 Å². The summed E-state index contributed by atoms with van der Waals surface area (Å²) in [7, 11) is 0. The van der Waals surface area contributed by atoms with E-state index in [9.17, 15) is 14.4 Å². The summed E-state index contributed by atoms with van der Waals surface area (Å²) in [5.74, 6) is 1.09. The Morgan fingerprint density at radius 3 is 2.75 bits per heavy atom. The van der Waals surface area contributed by atoms with E-state index in [4.69, 9.17) is 4.98 Å². The Morgan fingerprint density at radius 1 is 1.00 bits per heavy atom. The predicted octanol–water partition coefficient (Wildman–Crippen LogP) is 2.06. The van der Waals surface area contributed by atoms with Crippen LogP contribution in [0.5, 0.6) is 0 Å². The quantitative estimate of drug-likeness (QED) is 0.359. The van der Waals surface area contributed by atoms with E-state index in [0.717, 1.165) is 38.8 Å². The first-order valence-electron chi connectivity index (χ1n) is 11.8. The number of amides is 2. The van der Waals surface area contributed by atoms with Gasteiger partial charge in [0.25, 0.3) is 0 Å². The van der Waals surface area contributed by atoms with Crippen LogP contribution in [-0.4, -0.2) is 35.9 Å². The molecule has 0 saturated heterocycles. The number of rotatable bonds is 2. The van der Waals surface area contributed by atoms with Crippen LogP contribution in [0, 0.1) is 0 Å². The zero-order valence-corrected chi connectivity index (χ0v) is 19.0. The van der Waals surface area contributed by atoms with Crippen LogP contribution in [0.25, 0.3) is 22.1 Å². The van der Waals surface area contributed by atoms with Gasteiger partial charge in [-0.25, -0.2) is 14.8 Å². The average molecular weight is 477 g/mol. The molecule has 0 fully saturated rings. The Labute approximate surface area is 203 Å². The number of hydrogen-bond acceptors (Lipinski definition) is 5. The van der Waals surface area contributed by atoms with Crippen molar-refractivity contribution in [3.05, 3.63) is 81.7 Å². The van der Waals surface area contributed by atoms with Crippen molar-refractivity contribution in [2.24, 2.45) is 0 Å². The molecular formula is C26H19N7O3. The third-order valence-corrected chi connectivity index (χ3v) is 7.75. The summed E-state index contributed by atoms with van der Waals surface area (Å²) < 4.78 is 3.16. The molecule has 1 spiro atoms. The molecule has 1 unspecified atom stereocenters. The van der Waals surface area contributed by atoms with E-state index >= 15 is 0 Å². The van der Waals surface area contributed by atoms with Gasteiger partial charge in [-0.05, 0) is 54.3 Å². The minimum Gasteiger partial charge on any atom is -0.340 e. The number of imidazole rings is 2. The lowest BCUT2D eigenvalue weighted by Gasteiger charge is -2.20. The maximum absolute atomic E-state index is 13.2. The number of anilines is 2. The molecule has 3 aromatic heterocycles. The molecule has 176 valence electrons. The minimum absolute atomic E-state index is 0.000172. The summed E-state index contributed by atoms with van der Waals surface area (Å²) in [6.45, 7) is 0.255. The number of fused-ring (bicyclic) bond motifs is 4. The number of carbonyl (C=O) groups is 2. The number of carbonyl (C=O) groups excluding carboxylic acids is 2. The van der Waals surface area contributed by atoms with E-state index in [1.54, 1.807) is 16.8 Å². The van der Waals surface area contributed by atoms with Crippen LogP contribution in [0.3, 0.4) is 0 Å². The highest BCUT2D eigenvalue weighted by Gasteiger charge is 2.51. The molecular weight excluding hydrogens is 458 g/mol. The van der Waals surface area contributed by atoms with Crippen LogP contribution >= 0.6 is 0 Å². The minimum atomic E-state index is -0.627. The molecule has 5 heterocycles. The molecule has 0 saturated carbocycles. The van der Waals surface area contributed by atoms with E-state index in [-0.39, 0.29) is 30.6 Å². The number of aromatic amines is 1. The average Bonchev–Trinajstić information content (AvgIpc) is 3.58. The summed E-state index contributed by atoms with van der Waals surface area (Å²) >= 11 is 0. The van der Waals surface area contributed by atoms with Gasteiger partial charge in [0, 0.05) is 11.8 Å². The first-order valence-corrected chi connectivity index (χ1v) is 11.8. The molecule has 10 heteroatoms. The first-order chi connectivity index (χ1) is 17.5. The zero-order chi connectivity index (χ0) is 24.2. The second kappa shape index (κ2) is 6.48. The van der Waals surface area contributed by atoms with Crippen molar-refractivity contribution >= 4 is 45.4 Å². The van der Waals surface area contributed by atoms with Gasteiger partial charge in [-0.15, -0.1) is 0 Å². The summed E-state index contributed by atoms with van der Waals surface area (Å²) in [6.07, 6.45) is 2.90. The van der Waals surface area contributed by atoms with Gasteiger partial charge in [-0.1, -0.05) is 12.1 Å². The van der Waals surface area contributed by atoms with Crippen molar-refractivity contribution in [1.82, 2.24) is 24.1 Å². The Hall–Kier alpha value is -4.73. The van der Waals surface area contributed by atoms with E-state index in [1.165, 1.54) is 4.57 Å². The van der Waals surface area contributed by atoms with Crippen LogP contribution in [-0.2, 0) is 40.9 Å². The van der Waals surface area contributed by atoms with E-state index in [2.05, 4.69) is 26.7 Å². The molecule has 5 aromatic rings. The maximum Gasteiger partial charge on any atom is 0.330 e. The molecule has 8 rings (SSSR count). The number of benzene rings is 2. The highest BCUT2D eigenvalue weighted by atomic mass is 16.2. The summed E-state index contributed by atoms with van der Waals surface area (Å²) in [4.78, 5) is 50.7. The van der Waals surface area contributed by atoms with Crippen molar-refractivity contribution in [2.45, 2.75) is 31.3 Å². The van der Waals surface area contributed by atoms with Crippen molar-refractivity contribution in [2.75, 3.05) is 10.6 Å². The first kappa shape index (κ1) is 19.6. The monoisotopic (exact) mass is 477 g/mol. The Balaban J connectivity index is 1.18. The fourth-order valence-corrected chi connectivity index (χ4v) is 6.17. The van der Waals surface area contributed by atoms with Crippen molar-refractivity contribution in [1.29, 1.82) is 0 Å². The highest BCUT2D eigenvalue weighted by molar-refractivity contribution is 6.06. The third-order valence-electron chi connectivity index (χ3n) is 7.75. The highest BCUT2D eigenvalue weighted by Crippen LogP contribution is 2.47. The molecule has 36 heavy (non-hydrogen) atoms. The van der Waals surface area contributed by atoms with E-state index < -0.39 is 5.41 Å². The molecule has 0 radical (unpaired) electrons. The summed E-state index contributed by atoms with van der Waals surface area (Å²) in [6, 6.07) is 13.5. The lowest BCUT2D eigenvalue weighted by atomic mass is 9.79. The van der Waals surface area contributed by atoms with Gasteiger partial charge in [0.05, 0.1) is 39.7 Å². The number of hydrogen-bond donors (Lipinski definition) is 3. The lowest BCUT2D eigenvalue weighted by molar-refractivity contribution is -0.120. The topological polar surface area (TPSA) is 127 Å². The number of H-pyrrole nitrogens is 1. The Kier molecular flexibility index (Phi) is 3.52. The number of para-hydroxylation sites is 1. The standard InChI is InChI=1S/C26H19N7O3/c34-21-12-33-22-16(30-21)4-1-5-19(22)32(25(33)36)11-20-28-17-7-13-9-26(10-14(13)8-18(17)29-20)15-3-2-6-27-23(15)31-24(26)35/h1-8H,9-12H2,(H,28,29)(H,30,34)(H,27,31,35). The Bertz CT molecular complexity index is 1830. The van der Waals surface area contributed by atoms with Gasteiger partial charge in [0.1, 0.15) is 18.2 Å². The SMILES string of the molecule is O=C1Cn2c(=O)n(Cc3nc4cc5c(cc4[nH]3)CC3(C5)C(=O)Nc4ncccc43)c3cccc(c32)N1. The number of pyridine rings is 1. The molecule has 2 aliphatic heterocycles. The predicted molar refractivity (Wildman–Crippen MR) is 132 cm³/mol. The largest absolute Gasteiger partial charge is 0.340 e. The molecule has 10 nitrogen and oxygen atoms in total. The molecule has 2 aromatic carbocycles. The molecule has 2 amide bonds. The van der Waals surface area contributed by atoms with Gasteiger partial charge >= 0.3 is 5.69 Å². The van der Waals surface area contributed by atoms with Gasteiger partial charge in [-0.3, -0.25) is 18.7 Å². The number of nitrogens with one attached hydrogen (secondary N) is 3. The Morgan fingerprint density at radius 2 is 1.86 bits per heavy atom. The molecule has 1 atom stereocenters. The van der Waals surface area contributed by atoms with Gasteiger partial charge in [-0.2, -0.15) is 0 Å². The number of nitrogens with zero attached hydrogens (tertiary/aromatic N) is 4. The zero-order valence-electron chi connectivity index (χ0n) is 19.0.